The van der Waals surface area contributed by atoms with Crippen molar-refractivity contribution in [2.45, 2.75) is 31.2 Å². The minimum Gasteiger partial charge on any atom is -0.497 e. The van der Waals surface area contributed by atoms with Crippen LogP contribution in [-0.2, 0) is 7.05 Å². The standard InChI is InChI=1S/C20H21N5O2S2/c1-10-11(2)28-19-15(10)18(26)21-16(22-19)12(3)29-20-24-23-17(25(20)4)13-6-8-14(27-5)9-7-13/h6-9,12H,1-5H3,(H,21,22,26). The molecule has 0 fully saturated rings. The number of thioether (sulfide) groups is 1. The molecule has 0 spiro atoms. The van der Waals surface area contributed by atoms with Gasteiger partial charge >= 0.3 is 0 Å². The molecule has 1 unspecified atom stereocenters. The lowest BCUT2D eigenvalue weighted by Gasteiger charge is -2.10. The number of fused-ring (bicyclic) bond motifs is 1. The molecule has 1 N–H and O–H groups in total. The third-order valence-corrected chi connectivity index (χ3v) is 7.15. The van der Waals surface area contributed by atoms with E-state index in [2.05, 4.69) is 15.2 Å². The molecule has 0 bridgehead atoms. The molecule has 29 heavy (non-hydrogen) atoms. The predicted molar refractivity (Wildman–Crippen MR) is 117 cm³/mol. The molecule has 0 saturated carbocycles. The van der Waals surface area contributed by atoms with Gasteiger partial charge in [-0.2, -0.15) is 0 Å². The Morgan fingerprint density at radius 2 is 1.93 bits per heavy atom. The maximum Gasteiger partial charge on any atom is 0.259 e. The SMILES string of the molecule is COc1ccc(-c2nnc(SC(C)c3nc4sc(C)c(C)c4c(=O)[nH]3)n2C)cc1. The molecule has 1 atom stereocenters. The van der Waals surface area contributed by atoms with Crippen LogP contribution >= 0.6 is 23.1 Å². The fraction of sp³-hybridized carbons (Fsp3) is 0.300. The van der Waals surface area contributed by atoms with E-state index in [4.69, 9.17) is 9.72 Å². The number of nitrogens with one attached hydrogen (secondary N) is 1. The first-order valence-electron chi connectivity index (χ1n) is 9.09. The predicted octanol–water partition coefficient (Wildman–Crippen LogP) is 4.26. The summed E-state index contributed by atoms with van der Waals surface area (Å²) >= 11 is 3.07. The van der Waals surface area contributed by atoms with E-state index in [0.717, 1.165) is 37.6 Å². The number of benzene rings is 1. The number of H-pyrrole nitrogens is 1. The number of rotatable bonds is 5. The molecule has 9 heteroatoms. The average Bonchev–Trinajstić information content (AvgIpc) is 3.21. The van der Waals surface area contributed by atoms with Crippen LogP contribution in [0, 0.1) is 13.8 Å². The lowest BCUT2D eigenvalue weighted by atomic mass is 10.2. The van der Waals surface area contributed by atoms with Gasteiger partial charge in [0.2, 0.25) is 0 Å². The van der Waals surface area contributed by atoms with E-state index in [1.165, 1.54) is 11.8 Å². The minimum absolute atomic E-state index is 0.0820. The zero-order valence-corrected chi connectivity index (χ0v) is 18.4. The van der Waals surface area contributed by atoms with Crippen LogP contribution < -0.4 is 10.3 Å². The summed E-state index contributed by atoms with van der Waals surface area (Å²) in [7, 11) is 3.57. The number of hydrogen-bond acceptors (Lipinski definition) is 7. The number of aromatic nitrogens is 5. The Hall–Kier alpha value is -2.65. The lowest BCUT2D eigenvalue weighted by molar-refractivity contribution is 0.415. The van der Waals surface area contributed by atoms with Gasteiger partial charge in [0.05, 0.1) is 17.7 Å². The molecule has 0 saturated heterocycles. The first-order chi connectivity index (χ1) is 13.9. The molecule has 0 aliphatic heterocycles. The Labute approximate surface area is 176 Å². The van der Waals surface area contributed by atoms with Gasteiger partial charge in [0.25, 0.3) is 5.56 Å². The monoisotopic (exact) mass is 427 g/mol. The van der Waals surface area contributed by atoms with Crippen LogP contribution in [0.5, 0.6) is 5.75 Å². The van der Waals surface area contributed by atoms with Crippen LogP contribution in [0.4, 0.5) is 0 Å². The lowest BCUT2D eigenvalue weighted by Crippen LogP contribution is -2.12. The number of nitrogens with zero attached hydrogens (tertiary/aromatic N) is 4. The zero-order chi connectivity index (χ0) is 20.7. The molecule has 4 rings (SSSR count). The van der Waals surface area contributed by atoms with Gasteiger partial charge in [-0.1, -0.05) is 11.8 Å². The number of hydrogen-bond donors (Lipinski definition) is 1. The Balaban J connectivity index is 1.62. The highest BCUT2D eigenvalue weighted by Crippen LogP contribution is 2.34. The smallest absolute Gasteiger partial charge is 0.259 e. The van der Waals surface area contributed by atoms with Crippen LogP contribution in [-0.4, -0.2) is 31.8 Å². The maximum atomic E-state index is 12.6. The van der Waals surface area contributed by atoms with Crippen molar-refractivity contribution in [3.63, 3.8) is 0 Å². The molecule has 150 valence electrons. The first kappa shape index (κ1) is 19.7. The van der Waals surface area contributed by atoms with Gasteiger partial charge in [-0.15, -0.1) is 21.5 Å². The van der Waals surface area contributed by atoms with Crippen molar-refractivity contribution in [1.29, 1.82) is 0 Å². The largest absolute Gasteiger partial charge is 0.497 e. The molecule has 1 aromatic carbocycles. The molecule has 4 aromatic rings. The van der Waals surface area contributed by atoms with E-state index in [1.54, 1.807) is 18.4 Å². The van der Waals surface area contributed by atoms with Gasteiger partial charge in [0.1, 0.15) is 16.4 Å². The minimum atomic E-state index is -0.0869. The van der Waals surface area contributed by atoms with E-state index in [-0.39, 0.29) is 10.8 Å². The molecular weight excluding hydrogens is 406 g/mol. The summed E-state index contributed by atoms with van der Waals surface area (Å²) in [6, 6.07) is 7.70. The van der Waals surface area contributed by atoms with E-state index in [0.29, 0.717) is 11.2 Å². The van der Waals surface area contributed by atoms with Crippen LogP contribution in [0.15, 0.2) is 34.2 Å². The number of aryl methyl sites for hydroxylation is 2. The molecular formula is C20H21N5O2S2. The van der Waals surface area contributed by atoms with Crippen molar-refractivity contribution in [2.75, 3.05) is 7.11 Å². The summed E-state index contributed by atoms with van der Waals surface area (Å²) in [5.41, 5.74) is 1.87. The Morgan fingerprint density at radius 3 is 2.62 bits per heavy atom. The Bertz CT molecular complexity index is 1240. The molecule has 0 aliphatic carbocycles. The number of ether oxygens (including phenoxy) is 1. The third-order valence-electron chi connectivity index (χ3n) is 4.91. The topological polar surface area (TPSA) is 85.7 Å². The fourth-order valence-electron chi connectivity index (χ4n) is 3.09. The van der Waals surface area contributed by atoms with Crippen LogP contribution in [0.25, 0.3) is 21.6 Å². The van der Waals surface area contributed by atoms with Crippen LogP contribution in [0.3, 0.4) is 0 Å². The van der Waals surface area contributed by atoms with E-state index < -0.39 is 0 Å². The van der Waals surface area contributed by atoms with Gasteiger partial charge in [0, 0.05) is 17.5 Å². The van der Waals surface area contributed by atoms with E-state index >= 15 is 0 Å². The number of thiophene rings is 1. The molecule has 0 aliphatic rings. The second kappa shape index (κ2) is 7.64. The summed E-state index contributed by atoms with van der Waals surface area (Å²) in [5.74, 6) is 2.20. The number of aromatic amines is 1. The summed E-state index contributed by atoms with van der Waals surface area (Å²) in [5, 5.41) is 10.0. The molecule has 7 nitrogen and oxygen atoms in total. The van der Waals surface area contributed by atoms with Gasteiger partial charge < -0.3 is 14.3 Å². The number of methoxy groups -OCH3 is 1. The summed E-state index contributed by atoms with van der Waals surface area (Å²) in [4.78, 5) is 22.1. The molecule has 3 aromatic heterocycles. The zero-order valence-electron chi connectivity index (χ0n) is 16.8. The highest BCUT2D eigenvalue weighted by Gasteiger charge is 2.19. The van der Waals surface area contributed by atoms with Crippen molar-refractivity contribution >= 4 is 33.3 Å². The van der Waals surface area contributed by atoms with Gasteiger partial charge in [-0.05, 0) is 50.6 Å². The Morgan fingerprint density at radius 1 is 1.21 bits per heavy atom. The summed E-state index contributed by atoms with van der Waals surface area (Å²) in [6.45, 7) is 5.98. The van der Waals surface area contributed by atoms with E-state index in [9.17, 15) is 4.79 Å². The first-order valence-corrected chi connectivity index (χ1v) is 10.8. The average molecular weight is 428 g/mol. The van der Waals surface area contributed by atoms with Crippen molar-refractivity contribution < 1.29 is 4.74 Å². The van der Waals surface area contributed by atoms with Crippen molar-refractivity contribution in [1.82, 2.24) is 24.7 Å². The normalized spacial score (nSPS) is 12.4. The highest BCUT2D eigenvalue weighted by molar-refractivity contribution is 7.99. The summed E-state index contributed by atoms with van der Waals surface area (Å²) in [6.07, 6.45) is 0. The van der Waals surface area contributed by atoms with Gasteiger partial charge in [-0.25, -0.2) is 4.98 Å². The second-order valence-electron chi connectivity index (χ2n) is 6.77. The van der Waals surface area contributed by atoms with Crippen LogP contribution in [0.1, 0.15) is 28.4 Å². The van der Waals surface area contributed by atoms with Crippen molar-refractivity contribution in [3.05, 3.63) is 50.9 Å². The molecule has 3 heterocycles. The fourth-order valence-corrected chi connectivity index (χ4v) is 5.00. The summed E-state index contributed by atoms with van der Waals surface area (Å²) < 4.78 is 7.15. The maximum absolute atomic E-state index is 12.6. The van der Waals surface area contributed by atoms with Gasteiger partial charge in [-0.3, -0.25) is 4.79 Å². The van der Waals surface area contributed by atoms with Crippen LogP contribution in [0.2, 0.25) is 0 Å². The molecule has 0 amide bonds. The van der Waals surface area contributed by atoms with Gasteiger partial charge in [0.15, 0.2) is 11.0 Å². The third kappa shape index (κ3) is 3.56. The Kier molecular flexibility index (Phi) is 5.18. The van der Waals surface area contributed by atoms with Crippen molar-refractivity contribution in [2.24, 2.45) is 7.05 Å². The quantitative estimate of drug-likeness (QED) is 0.479. The highest BCUT2D eigenvalue weighted by atomic mass is 32.2. The van der Waals surface area contributed by atoms with E-state index in [1.807, 2.05) is 56.7 Å². The molecule has 0 radical (unpaired) electrons. The van der Waals surface area contributed by atoms with Crippen molar-refractivity contribution in [3.8, 4) is 17.1 Å². The second-order valence-corrected chi connectivity index (χ2v) is 9.28.